The van der Waals surface area contributed by atoms with Crippen molar-refractivity contribution >= 4 is 33.2 Å². The van der Waals surface area contributed by atoms with Crippen LogP contribution >= 0.6 is 11.3 Å². The van der Waals surface area contributed by atoms with E-state index in [0.29, 0.717) is 25.8 Å². The van der Waals surface area contributed by atoms with Crippen LogP contribution in [-0.4, -0.2) is 33.3 Å². The van der Waals surface area contributed by atoms with Gasteiger partial charge in [0.05, 0.1) is 0 Å². The summed E-state index contributed by atoms with van der Waals surface area (Å²) in [7, 11) is -3.54. The van der Waals surface area contributed by atoms with Crippen molar-refractivity contribution in [3.05, 3.63) is 17.0 Å². The summed E-state index contributed by atoms with van der Waals surface area (Å²) in [6.45, 7) is 6.26. The van der Waals surface area contributed by atoms with Crippen molar-refractivity contribution < 1.29 is 18.0 Å². The fourth-order valence-corrected chi connectivity index (χ4v) is 4.38. The number of amides is 2. The molecule has 0 spiro atoms. The van der Waals surface area contributed by atoms with Crippen LogP contribution < -0.4 is 15.8 Å². The monoisotopic (exact) mass is 389 g/mol. The van der Waals surface area contributed by atoms with Crippen molar-refractivity contribution in [2.75, 3.05) is 13.1 Å². The number of thiophene rings is 1. The van der Waals surface area contributed by atoms with Gasteiger partial charge in [-0.05, 0) is 31.4 Å². The van der Waals surface area contributed by atoms with Gasteiger partial charge in [0.15, 0.2) is 0 Å². The lowest BCUT2D eigenvalue weighted by atomic mass is 9.96. The normalized spacial score (nSPS) is 12.1. The minimum absolute atomic E-state index is 0.0328. The zero-order valence-corrected chi connectivity index (χ0v) is 16.6. The van der Waals surface area contributed by atoms with E-state index >= 15 is 0 Å². The molecule has 0 saturated heterocycles. The molecule has 2 amide bonds. The molecule has 4 N–H and O–H groups in total. The molecule has 142 valence electrons. The van der Waals surface area contributed by atoms with E-state index in [-0.39, 0.29) is 29.0 Å². The zero-order chi connectivity index (χ0) is 19.1. The van der Waals surface area contributed by atoms with Crippen molar-refractivity contribution in [2.45, 2.75) is 50.7 Å². The summed E-state index contributed by atoms with van der Waals surface area (Å²) in [6.07, 6.45) is 1.95. The predicted octanol–water partition coefficient (Wildman–Crippen LogP) is 1.39. The molecule has 0 aliphatic carbocycles. The smallest absolute Gasteiger partial charge is 0.250 e. The van der Waals surface area contributed by atoms with Crippen LogP contribution in [0.1, 0.15) is 44.9 Å². The van der Waals surface area contributed by atoms with E-state index in [1.807, 2.05) is 20.8 Å². The fourth-order valence-electron chi connectivity index (χ4n) is 1.90. The Bertz CT molecular complexity index is 690. The summed E-state index contributed by atoms with van der Waals surface area (Å²) in [6, 6.07) is 3.33. The Balaban J connectivity index is 2.45. The number of rotatable bonds is 10. The molecule has 0 unspecified atom stereocenters. The first kappa shape index (κ1) is 21.6. The highest BCUT2D eigenvalue weighted by Gasteiger charge is 2.20. The summed E-state index contributed by atoms with van der Waals surface area (Å²) in [4.78, 5) is 23.3. The van der Waals surface area contributed by atoms with Gasteiger partial charge in [0.25, 0.3) is 0 Å². The quantitative estimate of drug-likeness (QED) is 0.524. The van der Waals surface area contributed by atoms with Crippen molar-refractivity contribution in [3.63, 3.8) is 0 Å². The zero-order valence-electron chi connectivity index (χ0n) is 14.9. The van der Waals surface area contributed by atoms with Gasteiger partial charge in [-0.3, -0.25) is 9.59 Å². The third-order valence-corrected chi connectivity index (χ3v) is 6.48. The minimum atomic E-state index is -3.54. The van der Waals surface area contributed by atoms with E-state index < -0.39 is 15.4 Å². The molecule has 25 heavy (non-hydrogen) atoms. The molecule has 1 heterocycles. The Morgan fingerprint density at radius 2 is 1.84 bits per heavy atom. The molecule has 0 saturated carbocycles. The van der Waals surface area contributed by atoms with Crippen molar-refractivity contribution in [1.82, 2.24) is 10.0 Å². The lowest BCUT2D eigenvalue weighted by molar-refractivity contribution is -0.128. The van der Waals surface area contributed by atoms with E-state index in [4.69, 9.17) is 5.73 Å². The number of sulfonamides is 1. The Morgan fingerprint density at radius 1 is 1.16 bits per heavy atom. The predicted molar refractivity (Wildman–Crippen MR) is 98.7 cm³/mol. The van der Waals surface area contributed by atoms with Crippen LogP contribution in [0.4, 0.5) is 0 Å². The molecule has 1 rings (SSSR count). The topological polar surface area (TPSA) is 118 Å². The third kappa shape index (κ3) is 7.98. The molecular formula is C16H27N3O4S2. The van der Waals surface area contributed by atoms with Crippen molar-refractivity contribution in [2.24, 2.45) is 11.1 Å². The Labute approximate surface area is 153 Å². The molecule has 0 aliphatic rings. The van der Waals surface area contributed by atoms with E-state index in [1.165, 1.54) is 11.3 Å². The molecule has 0 bridgehead atoms. The first-order chi connectivity index (χ1) is 11.5. The first-order valence-electron chi connectivity index (χ1n) is 8.17. The van der Waals surface area contributed by atoms with E-state index in [2.05, 4.69) is 10.0 Å². The van der Waals surface area contributed by atoms with Crippen LogP contribution in [-0.2, 0) is 26.0 Å². The highest BCUT2D eigenvalue weighted by atomic mass is 32.2. The summed E-state index contributed by atoms with van der Waals surface area (Å²) in [5.41, 5.74) is 4.59. The van der Waals surface area contributed by atoms with Crippen LogP contribution in [0.3, 0.4) is 0 Å². The maximum absolute atomic E-state index is 12.2. The lowest BCUT2D eigenvalue weighted by Gasteiger charge is -2.17. The van der Waals surface area contributed by atoms with Crippen LogP contribution in [0.15, 0.2) is 16.3 Å². The van der Waals surface area contributed by atoms with Gasteiger partial charge in [-0.2, -0.15) is 0 Å². The number of hydrogen-bond acceptors (Lipinski definition) is 5. The highest BCUT2D eigenvalue weighted by molar-refractivity contribution is 7.91. The van der Waals surface area contributed by atoms with E-state index in [1.54, 1.807) is 12.1 Å². The van der Waals surface area contributed by atoms with Gasteiger partial charge in [-0.1, -0.05) is 20.8 Å². The van der Waals surface area contributed by atoms with Gasteiger partial charge in [0.2, 0.25) is 21.8 Å². The van der Waals surface area contributed by atoms with Gasteiger partial charge in [0, 0.05) is 29.8 Å². The number of carbonyl (C=O) groups is 2. The van der Waals surface area contributed by atoms with Gasteiger partial charge in [0.1, 0.15) is 4.21 Å². The average molecular weight is 390 g/mol. The van der Waals surface area contributed by atoms with Crippen LogP contribution in [0.2, 0.25) is 0 Å². The summed E-state index contributed by atoms with van der Waals surface area (Å²) in [5, 5.41) is 2.84. The van der Waals surface area contributed by atoms with E-state index in [9.17, 15) is 18.0 Å². The number of nitrogens with two attached hydrogens (primary N) is 1. The van der Waals surface area contributed by atoms with Crippen LogP contribution in [0, 0.1) is 5.41 Å². The van der Waals surface area contributed by atoms with E-state index in [0.717, 1.165) is 4.88 Å². The average Bonchev–Trinajstić information content (AvgIpc) is 2.95. The number of nitrogens with one attached hydrogen (secondary N) is 2. The molecular weight excluding hydrogens is 362 g/mol. The van der Waals surface area contributed by atoms with Gasteiger partial charge in [-0.25, -0.2) is 13.1 Å². The first-order valence-corrected chi connectivity index (χ1v) is 10.5. The largest absolute Gasteiger partial charge is 0.370 e. The Hall–Kier alpha value is -1.45. The summed E-state index contributed by atoms with van der Waals surface area (Å²) < 4.78 is 27.2. The molecule has 0 fully saturated rings. The third-order valence-electron chi connectivity index (χ3n) is 3.38. The summed E-state index contributed by atoms with van der Waals surface area (Å²) >= 11 is 1.19. The van der Waals surface area contributed by atoms with Gasteiger partial charge < -0.3 is 11.1 Å². The molecule has 0 aliphatic heterocycles. The van der Waals surface area contributed by atoms with Gasteiger partial charge >= 0.3 is 0 Å². The standard InChI is InChI=1S/C16H27N3O4S2/c1-16(2,3)15(21)18-11-9-12-7-8-14(24-12)25(22,23)19-10-5-4-6-13(17)20/h7-8,19H,4-6,9-11H2,1-3H3,(H2,17,20)(H,18,21). The maximum Gasteiger partial charge on any atom is 0.250 e. The second-order valence-electron chi connectivity index (χ2n) is 6.80. The summed E-state index contributed by atoms with van der Waals surface area (Å²) in [5.74, 6) is -0.418. The second kappa shape index (κ2) is 9.30. The SMILES string of the molecule is CC(C)(C)C(=O)NCCc1ccc(S(=O)(=O)NCCCCC(N)=O)s1. The van der Waals surface area contributed by atoms with Crippen molar-refractivity contribution in [3.8, 4) is 0 Å². The molecule has 9 heteroatoms. The Kier molecular flexibility index (Phi) is 8.04. The molecule has 0 atom stereocenters. The number of carbonyl (C=O) groups excluding carboxylic acids is 2. The van der Waals surface area contributed by atoms with Crippen LogP contribution in [0.5, 0.6) is 0 Å². The second-order valence-corrected chi connectivity index (χ2v) is 9.96. The highest BCUT2D eigenvalue weighted by Crippen LogP contribution is 2.22. The molecule has 1 aromatic rings. The maximum atomic E-state index is 12.2. The number of hydrogen-bond donors (Lipinski definition) is 3. The Morgan fingerprint density at radius 3 is 2.44 bits per heavy atom. The molecule has 7 nitrogen and oxygen atoms in total. The minimum Gasteiger partial charge on any atom is -0.370 e. The van der Waals surface area contributed by atoms with Crippen molar-refractivity contribution in [1.29, 1.82) is 0 Å². The number of unbranched alkanes of at least 4 members (excludes halogenated alkanes) is 1. The molecule has 1 aromatic heterocycles. The van der Waals surface area contributed by atoms with Crippen LogP contribution in [0.25, 0.3) is 0 Å². The lowest BCUT2D eigenvalue weighted by Crippen LogP contribution is -2.35. The molecule has 0 radical (unpaired) electrons. The number of primary amides is 1. The molecule has 0 aromatic carbocycles. The van der Waals surface area contributed by atoms with Gasteiger partial charge in [-0.15, -0.1) is 11.3 Å². The fraction of sp³-hybridized carbons (Fsp3) is 0.625.